The molecular weight excluding hydrogens is 480 g/mol. The van der Waals surface area contributed by atoms with Gasteiger partial charge in [-0.1, -0.05) is 50.2 Å². The Balaban J connectivity index is 1.60. The van der Waals surface area contributed by atoms with Crippen LogP contribution in [0.4, 0.5) is 13.6 Å². The SMILES string of the molecule is C[C@@H]1CN(N([O-])C2CN(C(=O)OC(C)(C)C)C[C@H]2c2ccc(F)cc2F)C[C@H](C)C1(O)c1ccccc1. The molecule has 2 heterocycles. The highest BCUT2D eigenvalue weighted by molar-refractivity contribution is 5.69. The molecule has 0 saturated carbocycles. The maximum atomic E-state index is 14.9. The highest BCUT2D eigenvalue weighted by atomic mass is 19.1. The van der Waals surface area contributed by atoms with Crippen molar-refractivity contribution in [3.05, 3.63) is 76.5 Å². The number of nitrogens with zero attached hydrogens (tertiary/aromatic N) is 3. The van der Waals surface area contributed by atoms with E-state index in [2.05, 4.69) is 0 Å². The second-order valence-electron chi connectivity index (χ2n) is 11.4. The molecule has 0 spiro atoms. The van der Waals surface area contributed by atoms with Gasteiger partial charge in [-0.05, 0) is 38.0 Å². The van der Waals surface area contributed by atoms with Crippen LogP contribution in [-0.4, -0.2) is 64.1 Å². The van der Waals surface area contributed by atoms with Crippen molar-refractivity contribution < 1.29 is 23.4 Å². The van der Waals surface area contributed by atoms with E-state index >= 15 is 0 Å². The monoisotopic (exact) mass is 516 g/mol. The van der Waals surface area contributed by atoms with Crippen LogP contribution in [0, 0.1) is 28.7 Å². The molecule has 1 amide bonds. The van der Waals surface area contributed by atoms with E-state index in [1.54, 1.807) is 25.8 Å². The number of hydroxylamine groups is 1. The number of hydrogen-bond donors (Lipinski definition) is 1. The van der Waals surface area contributed by atoms with Gasteiger partial charge in [-0.15, -0.1) is 0 Å². The summed E-state index contributed by atoms with van der Waals surface area (Å²) in [6, 6.07) is 11.9. The summed E-state index contributed by atoms with van der Waals surface area (Å²) < 4.78 is 34.0. The fourth-order valence-corrected chi connectivity index (χ4v) is 5.71. The molecule has 2 saturated heterocycles. The van der Waals surface area contributed by atoms with E-state index in [4.69, 9.17) is 4.74 Å². The van der Waals surface area contributed by atoms with Crippen LogP contribution >= 0.6 is 0 Å². The molecule has 9 heteroatoms. The van der Waals surface area contributed by atoms with Gasteiger partial charge in [0, 0.05) is 56.0 Å². The Kier molecular flexibility index (Phi) is 7.63. The van der Waals surface area contributed by atoms with Gasteiger partial charge in [0.15, 0.2) is 0 Å². The Morgan fingerprint density at radius 2 is 1.68 bits per heavy atom. The van der Waals surface area contributed by atoms with E-state index in [0.29, 0.717) is 0 Å². The number of hydrogen-bond acceptors (Lipinski definition) is 6. The van der Waals surface area contributed by atoms with Crippen molar-refractivity contribution in [1.82, 2.24) is 15.1 Å². The first kappa shape index (κ1) is 27.4. The van der Waals surface area contributed by atoms with E-state index in [0.717, 1.165) is 22.9 Å². The van der Waals surface area contributed by atoms with E-state index in [9.17, 15) is 23.9 Å². The molecule has 2 aromatic rings. The topological polar surface area (TPSA) is 79.3 Å². The number of carbonyl (C=O) groups is 1. The number of halogens is 2. The van der Waals surface area contributed by atoms with Crippen LogP contribution in [0.2, 0.25) is 0 Å². The lowest BCUT2D eigenvalue weighted by Gasteiger charge is -2.55. The second-order valence-corrected chi connectivity index (χ2v) is 11.4. The normalized spacial score (nSPS) is 29.1. The van der Waals surface area contributed by atoms with Crippen molar-refractivity contribution in [3.8, 4) is 0 Å². The van der Waals surface area contributed by atoms with E-state index in [1.807, 2.05) is 44.2 Å². The maximum Gasteiger partial charge on any atom is 0.410 e. The van der Waals surface area contributed by atoms with Crippen LogP contribution in [0.5, 0.6) is 0 Å². The number of rotatable bonds is 4. The molecule has 0 radical (unpaired) electrons. The predicted octanol–water partition coefficient (Wildman–Crippen LogP) is 4.86. The second kappa shape index (κ2) is 10.3. The minimum absolute atomic E-state index is 0.0299. The number of carbonyl (C=O) groups excluding carboxylic acids is 1. The Bertz CT molecular complexity index is 1100. The maximum absolute atomic E-state index is 14.9. The van der Waals surface area contributed by atoms with Gasteiger partial charge in [0.2, 0.25) is 0 Å². The summed E-state index contributed by atoms with van der Waals surface area (Å²) in [4.78, 5) is 14.3. The third kappa shape index (κ3) is 5.50. The molecule has 37 heavy (non-hydrogen) atoms. The molecule has 0 bridgehead atoms. The predicted molar refractivity (Wildman–Crippen MR) is 136 cm³/mol. The molecule has 202 valence electrons. The molecule has 2 unspecified atom stereocenters. The number of hydrazine groups is 1. The summed E-state index contributed by atoms with van der Waals surface area (Å²) in [5.74, 6) is -2.71. The van der Waals surface area contributed by atoms with Gasteiger partial charge in [0.25, 0.3) is 0 Å². The van der Waals surface area contributed by atoms with Crippen molar-refractivity contribution >= 4 is 6.09 Å². The number of benzene rings is 2. The number of piperidine rings is 1. The van der Waals surface area contributed by atoms with Crippen molar-refractivity contribution in [1.29, 1.82) is 0 Å². The van der Waals surface area contributed by atoms with Gasteiger partial charge in [-0.25, -0.2) is 13.6 Å². The van der Waals surface area contributed by atoms with Crippen LogP contribution < -0.4 is 0 Å². The number of likely N-dealkylation sites (tertiary alicyclic amines) is 1. The van der Waals surface area contributed by atoms with Gasteiger partial charge in [0.1, 0.15) is 17.2 Å². The molecule has 2 aliphatic rings. The van der Waals surface area contributed by atoms with E-state index < -0.39 is 40.9 Å². The van der Waals surface area contributed by atoms with Gasteiger partial charge in [-0.2, -0.15) is 0 Å². The third-order valence-corrected chi connectivity index (χ3v) is 7.57. The van der Waals surface area contributed by atoms with Crippen LogP contribution in [0.1, 0.15) is 51.7 Å². The molecule has 7 nitrogen and oxygen atoms in total. The molecular formula is C28H36F2N3O4-. The third-order valence-electron chi connectivity index (χ3n) is 7.57. The fourth-order valence-electron chi connectivity index (χ4n) is 5.71. The van der Waals surface area contributed by atoms with Crippen molar-refractivity contribution in [2.75, 3.05) is 26.2 Å². The average Bonchev–Trinajstić information content (AvgIpc) is 3.26. The molecule has 0 aromatic heterocycles. The highest BCUT2D eigenvalue weighted by Gasteiger charge is 2.48. The number of aliphatic hydroxyl groups is 1. The molecule has 0 aliphatic carbocycles. The summed E-state index contributed by atoms with van der Waals surface area (Å²) in [5, 5.41) is 28.0. The first-order valence-corrected chi connectivity index (χ1v) is 12.7. The lowest BCUT2D eigenvalue weighted by atomic mass is 9.71. The van der Waals surface area contributed by atoms with Gasteiger partial charge < -0.3 is 25.1 Å². The minimum atomic E-state index is -1.11. The molecule has 2 fully saturated rings. The summed E-state index contributed by atoms with van der Waals surface area (Å²) >= 11 is 0. The van der Waals surface area contributed by atoms with Crippen molar-refractivity contribution in [2.24, 2.45) is 11.8 Å². The van der Waals surface area contributed by atoms with Crippen LogP contribution in [0.15, 0.2) is 48.5 Å². The zero-order chi connectivity index (χ0) is 27.1. The molecule has 5 atom stereocenters. The first-order valence-electron chi connectivity index (χ1n) is 12.7. The molecule has 4 rings (SSSR count). The zero-order valence-corrected chi connectivity index (χ0v) is 22.0. The molecule has 2 aromatic carbocycles. The molecule has 2 aliphatic heterocycles. The lowest BCUT2D eigenvalue weighted by molar-refractivity contribution is -0.162. The summed E-state index contributed by atoms with van der Waals surface area (Å²) in [6.45, 7) is 9.71. The van der Waals surface area contributed by atoms with Gasteiger partial charge >= 0.3 is 6.09 Å². The summed E-state index contributed by atoms with van der Waals surface area (Å²) in [7, 11) is 0. The summed E-state index contributed by atoms with van der Waals surface area (Å²) in [6.07, 6.45) is -0.588. The summed E-state index contributed by atoms with van der Waals surface area (Å²) in [5.41, 5.74) is -0.866. The van der Waals surface area contributed by atoms with Crippen molar-refractivity contribution in [2.45, 2.75) is 57.8 Å². The van der Waals surface area contributed by atoms with Crippen LogP contribution in [0.3, 0.4) is 0 Å². The number of ether oxygens (including phenoxy) is 1. The standard InChI is InChI=1S/C28H36F2N3O4/c1-18-14-32(15-19(2)28(18,35)20-9-7-6-8-10-20)33(36)25-17-31(26(34)37-27(3,4)5)16-23(25)22-12-11-21(29)13-24(22)30/h6-13,18-19,23,25,35H,14-17H2,1-5H3/q-1/t18-,19+,23-,25?,28?/m0/s1. The molecule has 1 N–H and O–H groups in total. The van der Waals surface area contributed by atoms with Crippen LogP contribution in [-0.2, 0) is 10.3 Å². The fraction of sp³-hybridized carbons (Fsp3) is 0.536. The Morgan fingerprint density at radius 3 is 2.24 bits per heavy atom. The zero-order valence-electron chi connectivity index (χ0n) is 22.0. The Morgan fingerprint density at radius 1 is 1.05 bits per heavy atom. The first-order chi connectivity index (χ1) is 17.3. The largest absolute Gasteiger partial charge is 0.771 e. The van der Waals surface area contributed by atoms with Crippen LogP contribution in [0.25, 0.3) is 0 Å². The van der Waals surface area contributed by atoms with Gasteiger partial charge in [-0.3, -0.25) is 5.01 Å². The Labute approximate surface area is 217 Å². The van der Waals surface area contributed by atoms with Gasteiger partial charge in [0.05, 0.1) is 5.60 Å². The minimum Gasteiger partial charge on any atom is -0.771 e. The van der Waals surface area contributed by atoms with E-state index in [-0.39, 0.29) is 43.6 Å². The van der Waals surface area contributed by atoms with Crippen molar-refractivity contribution in [3.63, 3.8) is 0 Å². The quantitative estimate of drug-likeness (QED) is 0.585. The Hall–Kier alpha value is -2.59. The smallest absolute Gasteiger partial charge is 0.410 e. The lowest BCUT2D eigenvalue weighted by Crippen LogP contribution is -2.60. The van der Waals surface area contributed by atoms with E-state index in [1.165, 1.54) is 11.0 Å². The average molecular weight is 517 g/mol. The highest BCUT2D eigenvalue weighted by Crippen LogP contribution is 2.43. The number of amides is 1.